The van der Waals surface area contributed by atoms with Crippen LogP contribution >= 0.6 is 11.6 Å². The highest BCUT2D eigenvalue weighted by molar-refractivity contribution is 6.34. The van der Waals surface area contributed by atoms with Gasteiger partial charge in [0.15, 0.2) is 17.3 Å². The fraction of sp³-hybridized carbons (Fsp3) is 0.133. The van der Waals surface area contributed by atoms with Crippen LogP contribution in [0.4, 0.5) is 5.69 Å². The Bertz CT molecular complexity index is 685. The molecule has 5 heteroatoms. The zero-order chi connectivity index (χ0) is 14.1. The number of carbonyl (C=O) groups is 1. The molecule has 4 nitrogen and oxygen atoms in total. The Morgan fingerprint density at radius 3 is 2.65 bits per heavy atom. The Kier molecular flexibility index (Phi) is 3.24. The SMILES string of the molecule is Nc1c(Cl)cccc1C(=O)c1ccc2c(c1)OCCO2. The number of para-hydroxylation sites is 1. The molecular weight excluding hydrogens is 278 g/mol. The van der Waals surface area contributed by atoms with Gasteiger partial charge in [-0.3, -0.25) is 4.79 Å². The van der Waals surface area contributed by atoms with Gasteiger partial charge in [-0.2, -0.15) is 0 Å². The molecule has 0 unspecified atom stereocenters. The maximum absolute atomic E-state index is 12.5. The van der Waals surface area contributed by atoms with Crippen LogP contribution in [0.5, 0.6) is 11.5 Å². The van der Waals surface area contributed by atoms with Crippen molar-refractivity contribution in [1.82, 2.24) is 0 Å². The van der Waals surface area contributed by atoms with Gasteiger partial charge in [0.05, 0.1) is 10.7 Å². The van der Waals surface area contributed by atoms with E-state index in [2.05, 4.69) is 0 Å². The molecule has 0 radical (unpaired) electrons. The number of hydrogen-bond donors (Lipinski definition) is 1. The highest BCUT2D eigenvalue weighted by Gasteiger charge is 2.18. The minimum absolute atomic E-state index is 0.193. The van der Waals surface area contributed by atoms with Gasteiger partial charge in [0.2, 0.25) is 0 Å². The molecule has 0 aliphatic carbocycles. The van der Waals surface area contributed by atoms with Crippen molar-refractivity contribution in [1.29, 1.82) is 0 Å². The van der Waals surface area contributed by atoms with Gasteiger partial charge in [-0.25, -0.2) is 0 Å². The number of fused-ring (bicyclic) bond motifs is 1. The van der Waals surface area contributed by atoms with E-state index in [4.69, 9.17) is 26.8 Å². The zero-order valence-electron chi connectivity index (χ0n) is 10.6. The average Bonchev–Trinajstić information content (AvgIpc) is 2.49. The standard InChI is InChI=1S/C15H12ClNO3/c16-11-3-1-2-10(14(11)17)15(18)9-4-5-12-13(8-9)20-7-6-19-12/h1-5,8H,6-7,17H2. The van der Waals surface area contributed by atoms with Crippen molar-refractivity contribution in [2.24, 2.45) is 0 Å². The Hall–Kier alpha value is -2.20. The predicted octanol–water partition coefficient (Wildman–Crippen LogP) is 2.92. The minimum atomic E-state index is -0.193. The molecule has 0 atom stereocenters. The molecule has 0 fully saturated rings. The van der Waals surface area contributed by atoms with E-state index in [1.165, 1.54) is 0 Å². The van der Waals surface area contributed by atoms with Crippen LogP contribution in [-0.2, 0) is 0 Å². The van der Waals surface area contributed by atoms with Crippen molar-refractivity contribution in [3.63, 3.8) is 0 Å². The highest BCUT2D eigenvalue weighted by atomic mass is 35.5. The lowest BCUT2D eigenvalue weighted by atomic mass is 10.0. The van der Waals surface area contributed by atoms with Crippen molar-refractivity contribution >= 4 is 23.1 Å². The van der Waals surface area contributed by atoms with Gasteiger partial charge >= 0.3 is 0 Å². The third-order valence-corrected chi connectivity index (χ3v) is 3.43. The number of rotatable bonds is 2. The van der Waals surface area contributed by atoms with Crippen LogP contribution in [0, 0.1) is 0 Å². The number of nitrogens with two attached hydrogens (primary N) is 1. The van der Waals surface area contributed by atoms with Gasteiger partial charge in [0, 0.05) is 11.1 Å². The van der Waals surface area contributed by atoms with Crippen molar-refractivity contribution in [3.05, 3.63) is 52.5 Å². The van der Waals surface area contributed by atoms with E-state index < -0.39 is 0 Å². The lowest BCUT2D eigenvalue weighted by Gasteiger charge is -2.18. The summed E-state index contributed by atoms with van der Waals surface area (Å²) in [7, 11) is 0. The predicted molar refractivity (Wildman–Crippen MR) is 76.7 cm³/mol. The Labute approximate surface area is 121 Å². The molecule has 2 aromatic rings. The summed E-state index contributed by atoms with van der Waals surface area (Å²) in [5, 5.41) is 0.369. The lowest BCUT2D eigenvalue weighted by molar-refractivity contribution is 0.103. The summed E-state index contributed by atoms with van der Waals surface area (Å²) in [4.78, 5) is 12.5. The first-order chi connectivity index (χ1) is 9.66. The topological polar surface area (TPSA) is 61.6 Å². The second-order valence-corrected chi connectivity index (χ2v) is 4.80. The molecule has 0 saturated carbocycles. The molecule has 0 aromatic heterocycles. The maximum Gasteiger partial charge on any atom is 0.195 e. The zero-order valence-corrected chi connectivity index (χ0v) is 11.3. The molecule has 3 rings (SSSR count). The summed E-state index contributed by atoms with van der Waals surface area (Å²) in [5.41, 5.74) is 7.01. The van der Waals surface area contributed by atoms with Crippen LogP contribution in [0.1, 0.15) is 15.9 Å². The molecule has 2 N–H and O–H groups in total. The number of halogens is 1. The number of hydrogen-bond acceptors (Lipinski definition) is 4. The van der Waals surface area contributed by atoms with Crippen molar-refractivity contribution < 1.29 is 14.3 Å². The molecule has 1 heterocycles. The first-order valence-corrected chi connectivity index (χ1v) is 6.53. The first-order valence-electron chi connectivity index (χ1n) is 6.15. The van der Waals surface area contributed by atoms with Gasteiger partial charge in [0.1, 0.15) is 13.2 Å². The van der Waals surface area contributed by atoms with Crippen LogP contribution < -0.4 is 15.2 Å². The Morgan fingerprint density at radius 1 is 1.10 bits per heavy atom. The molecule has 1 aliphatic rings. The van der Waals surface area contributed by atoms with Crippen LogP contribution in [0.25, 0.3) is 0 Å². The third kappa shape index (κ3) is 2.18. The van der Waals surface area contributed by atoms with Crippen LogP contribution in [-0.4, -0.2) is 19.0 Å². The molecule has 0 saturated heterocycles. The van der Waals surface area contributed by atoms with Crippen LogP contribution in [0.3, 0.4) is 0 Å². The number of ketones is 1. The molecule has 2 aromatic carbocycles. The normalized spacial score (nSPS) is 13.1. The van der Waals surface area contributed by atoms with E-state index in [0.717, 1.165) is 0 Å². The smallest absolute Gasteiger partial charge is 0.195 e. The van der Waals surface area contributed by atoms with Crippen LogP contribution in [0.15, 0.2) is 36.4 Å². The van der Waals surface area contributed by atoms with Gasteiger partial charge in [-0.05, 0) is 30.3 Å². The van der Waals surface area contributed by atoms with E-state index in [-0.39, 0.29) is 11.5 Å². The van der Waals surface area contributed by atoms with Gasteiger partial charge < -0.3 is 15.2 Å². The largest absolute Gasteiger partial charge is 0.486 e. The molecule has 0 bridgehead atoms. The Morgan fingerprint density at radius 2 is 1.85 bits per heavy atom. The monoisotopic (exact) mass is 289 g/mol. The second-order valence-electron chi connectivity index (χ2n) is 4.39. The molecule has 1 aliphatic heterocycles. The van der Waals surface area contributed by atoms with E-state index in [9.17, 15) is 4.79 Å². The first kappa shape index (κ1) is 12.8. The summed E-state index contributed by atoms with van der Waals surface area (Å²) < 4.78 is 10.9. The molecule has 102 valence electrons. The van der Waals surface area contributed by atoms with Gasteiger partial charge in [-0.15, -0.1) is 0 Å². The van der Waals surface area contributed by atoms with E-state index in [1.807, 2.05) is 0 Å². The number of ether oxygens (including phenoxy) is 2. The molecular formula is C15H12ClNO3. The average molecular weight is 290 g/mol. The number of carbonyl (C=O) groups excluding carboxylic acids is 1. The molecule has 0 amide bonds. The highest BCUT2D eigenvalue weighted by Crippen LogP contribution is 2.32. The van der Waals surface area contributed by atoms with E-state index >= 15 is 0 Å². The van der Waals surface area contributed by atoms with E-state index in [0.29, 0.717) is 40.9 Å². The molecule has 0 spiro atoms. The quantitative estimate of drug-likeness (QED) is 0.682. The molecule has 20 heavy (non-hydrogen) atoms. The summed E-state index contributed by atoms with van der Waals surface area (Å²) in [6.45, 7) is 0.992. The van der Waals surface area contributed by atoms with Crippen molar-refractivity contribution in [2.45, 2.75) is 0 Å². The Balaban J connectivity index is 2.00. The van der Waals surface area contributed by atoms with E-state index in [1.54, 1.807) is 36.4 Å². The van der Waals surface area contributed by atoms with Gasteiger partial charge in [0.25, 0.3) is 0 Å². The van der Waals surface area contributed by atoms with Crippen molar-refractivity contribution in [3.8, 4) is 11.5 Å². The summed E-state index contributed by atoms with van der Waals surface area (Å²) in [5.74, 6) is 1.02. The summed E-state index contributed by atoms with van der Waals surface area (Å²) in [6, 6.07) is 10.1. The third-order valence-electron chi connectivity index (χ3n) is 3.10. The summed E-state index contributed by atoms with van der Waals surface area (Å²) in [6.07, 6.45) is 0. The number of nitrogen functional groups attached to an aromatic ring is 1. The lowest BCUT2D eigenvalue weighted by Crippen LogP contribution is -2.16. The summed E-state index contributed by atoms with van der Waals surface area (Å²) >= 11 is 5.94. The fourth-order valence-electron chi connectivity index (χ4n) is 2.08. The number of anilines is 1. The fourth-order valence-corrected chi connectivity index (χ4v) is 2.25. The number of benzene rings is 2. The van der Waals surface area contributed by atoms with Crippen LogP contribution in [0.2, 0.25) is 5.02 Å². The van der Waals surface area contributed by atoms with Crippen molar-refractivity contribution in [2.75, 3.05) is 18.9 Å². The maximum atomic E-state index is 12.5. The minimum Gasteiger partial charge on any atom is -0.486 e. The van der Waals surface area contributed by atoms with Gasteiger partial charge in [-0.1, -0.05) is 17.7 Å². The second kappa shape index (κ2) is 5.06.